The van der Waals surface area contributed by atoms with Crippen LogP contribution in [0.1, 0.15) is 12.8 Å². The van der Waals surface area contributed by atoms with E-state index in [9.17, 15) is 18.0 Å². The van der Waals surface area contributed by atoms with Crippen LogP contribution in [-0.4, -0.2) is 37.4 Å². The molecule has 7 heteroatoms. The second-order valence-electron chi connectivity index (χ2n) is 4.91. The minimum Gasteiger partial charge on any atom is -0.489 e. The normalized spacial score (nSPS) is 19.2. The number of rotatable bonds is 5. The second-order valence-corrected chi connectivity index (χ2v) is 4.91. The molecule has 0 N–H and O–H groups in total. The van der Waals surface area contributed by atoms with Crippen molar-refractivity contribution in [1.82, 2.24) is 4.90 Å². The van der Waals surface area contributed by atoms with Crippen LogP contribution in [0.4, 0.5) is 13.2 Å². The lowest BCUT2D eigenvalue weighted by Gasteiger charge is -2.29. The quantitative estimate of drug-likeness (QED) is 0.785. The maximum atomic E-state index is 12.3. The summed E-state index contributed by atoms with van der Waals surface area (Å²) in [6.45, 7) is 1.53. The van der Waals surface area contributed by atoms with E-state index < -0.39 is 6.36 Å². The monoisotopic (exact) mass is 303 g/mol. The highest BCUT2D eigenvalue weighted by Gasteiger charge is 2.32. The van der Waals surface area contributed by atoms with Crippen molar-refractivity contribution in [3.05, 3.63) is 24.3 Å². The molecule has 1 saturated heterocycles. The fraction of sp³-hybridized carbons (Fsp3) is 0.500. The first-order valence-corrected chi connectivity index (χ1v) is 6.65. The van der Waals surface area contributed by atoms with Crippen LogP contribution in [0.2, 0.25) is 0 Å². The molecular weight excluding hydrogens is 287 g/mol. The number of hydrogen-bond acceptors (Lipinski definition) is 3. The Morgan fingerprint density at radius 2 is 2.00 bits per heavy atom. The van der Waals surface area contributed by atoms with Gasteiger partial charge in [-0.3, -0.25) is 4.79 Å². The van der Waals surface area contributed by atoms with Gasteiger partial charge in [-0.15, -0.1) is 13.2 Å². The summed E-state index contributed by atoms with van der Waals surface area (Å²) in [6, 6.07) is 5.67. The molecule has 0 saturated carbocycles. The van der Waals surface area contributed by atoms with Crippen molar-refractivity contribution in [2.45, 2.75) is 19.2 Å². The van der Waals surface area contributed by atoms with Gasteiger partial charge in [0.1, 0.15) is 0 Å². The van der Waals surface area contributed by atoms with Gasteiger partial charge in [0, 0.05) is 19.0 Å². The van der Waals surface area contributed by atoms with Crippen LogP contribution in [-0.2, 0) is 4.79 Å². The molecule has 1 aromatic carbocycles. The number of likely N-dealkylation sites (tertiary alicyclic amines) is 1. The molecule has 2 rings (SSSR count). The van der Waals surface area contributed by atoms with E-state index in [0.717, 1.165) is 19.3 Å². The Kier molecular flexibility index (Phi) is 4.93. The lowest BCUT2D eigenvalue weighted by Crippen LogP contribution is -2.36. The molecule has 21 heavy (non-hydrogen) atoms. The van der Waals surface area contributed by atoms with Gasteiger partial charge in [0.15, 0.2) is 11.5 Å². The van der Waals surface area contributed by atoms with Crippen LogP contribution >= 0.6 is 0 Å². The largest absolute Gasteiger partial charge is 0.573 e. The van der Waals surface area contributed by atoms with Crippen molar-refractivity contribution in [2.75, 3.05) is 19.7 Å². The van der Waals surface area contributed by atoms with Crippen molar-refractivity contribution < 1.29 is 27.4 Å². The van der Waals surface area contributed by atoms with E-state index in [-0.39, 0.29) is 24.0 Å². The number of alkyl halides is 3. The number of carbonyl (C=O) groups excluding carboxylic acids is 1. The molecule has 1 fully saturated rings. The van der Waals surface area contributed by atoms with Gasteiger partial charge in [-0.2, -0.15) is 0 Å². The minimum atomic E-state index is -4.75. The van der Waals surface area contributed by atoms with Gasteiger partial charge < -0.3 is 14.4 Å². The highest BCUT2D eigenvalue weighted by molar-refractivity contribution is 5.47. The first-order valence-electron chi connectivity index (χ1n) is 6.65. The number of para-hydroxylation sites is 2. The summed E-state index contributed by atoms with van der Waals surface area (Å²) >= 11 is 0. The van der Waals surface area contributed by atoms with Gasteiger partial charge in [0.25, 0.3) is 0 Å². The van der Waals surface area contributed by atoms with Gasteiger partial charge in [0.05, 0.1) is 6.61 Å². The van der Waals surface area contributed by atoms with Gasteiger partial charge in [-0.05, 0) is 25.0 Å². The molecule has 1 unspecified atom stereocenters. The van der Waals surface area contributed by atoms with Crippen molar-refractivity contribution in [2.24, 2.45) is 5.92 Å². The van der Waals surface area contributed by atoms with E-state index in [1.807, 2.05) is 0 Å². The highest BCUT2D eigenvalue weighted by atomic mass is 19.4. The van der Waals surface area contributed by atoms with Crippen LogP contribution in [0.5, 0.6) is 11.5 Å². The molecule has 0 bridgehead atoms. The fourth-order valence-corrected chi connectivity index (χ4v) is 2.32. The molecule has 1 aliphatic rings. The molecular formula is C14H16F3NO3. The Bertz CT molecular complexity index is 479. The Labute approximate surface area is 120 Å². The number of ether oxygens (including phenoxy) is 2. The SMILES string of the molecule is O=CN1CCCC(COc2ccccc2OC(F)(F)F)C1. The maximum absolute atomic E-state index is 12.3. The Hall–Kier alpha value is -1.92. The van der Waals surface area contributed by atoms with E-state index in [4.69, 9.17) is 4.74 Å². The highest BCUT2D eigenvalue weighted by Crippen LogP contribution is 2.32. The third-order valence-electron chi connectivity index (χ3n) is 3.25. The number of benzene rings is 1. The fourth-order valence-electron chi connectivity index (χ4n) is 2.32. The average Bonchev–Trinajstić information content (AvgIpc) is 2.45. The summed E-state index contributed by atoms with van der Waals surface area (Å²) in [5, 5.41) is 0. The Balaban J connectivity index is 1.95. The number of amides is 1. The van der Waals surface area contributed by atoms with E-state index in [1.165, 1.54) is 18.2 Å². The molecule has 0 spiro atoms. The van der Waals surface area contributed by atoms with Crippen molar-refractivity contribution >= 4 is 6.41 Å². The average molecular weight is 303 g/mol. The summed E-state index contributed by atoms with van der Waals surface area (Å²) in [5.74, 6) is -0.186. The van der Waals surface area contributed by atoms with Crippen LogP contribution in [0.25, 0.3) is 0 Å². The first-order chi connectivity index (χ1) is 9.98. The molecule has 0 aromatic heterocycles. The molecule has 4 nitrogen and oxygen atoms in total. The number of halogens is 3. The minimum absolute atomic E-state index is 0.0538. The predicted octanol–water partition coefficient (Wildman–Crippen LogP) is 2.83. The summed E-state index contributed by atoms with van der Waals surface area (Å²) in [7, 11) is 0. The Morgan fingerprint density at radius 3 is 2.67 bits per heavy atom. The number of carbonyl (C=O) groups is 1. The van der Waals surface area contributed by atoms with E-state index in [2.05, 4.69) is 4.74 Å². The van der Waals surface area contributed by atoms with Gasteiger partial charge in [0.2, 0.25) is 6.41 Å². The third-order valence-corrected chi connectivity index (χ3v) is 3.25. The van der Waals surface area contributed by atoms with Crippen molar-refractivity contribution in [1.29, 1.82) is 0 Å². The van der Waals surface area contributed by atoms with Crippen LogP contribution in [0.15, 0.2) is 24.3 Å². The van der Waals surface area contributed by atoms with Gasteiger partial charge in [-0.25, -0.2) is 0 Å². The second kappa shape index (κ2) is 6.69. The van der Waals surface area contributed by atoms with Crippen molar-refractivity contribution in [3.8, 4) is 11.5 Å². The lowest BCUT2D eigenvalue weighted by atomic mass is 9.99. The zero-order valence-electron chi connectivity index (χ0n) is 11.3. The number of nitrogens with zero attached hydrogens (tertiary/aromatic N) is 1. The standard InChI is InChI=1S/C14H16F3NO3/c15-14(16,17)21-13-6-2-1-5-12(13)20-9-11-4-3-7-18(8-11)10-19/h1-2,5-6,10-11H,3-4,7-9H2. The Morgan fingerprint density at radius 1 is 1.29 bits per heavy atom. The molecule has 116 valence electrons. The van der Waals surface area contributed by atoms with E-state index in [1.54, 1.807) is 11.0 Å². The molecule has 1 amide bonds. The topological polar surface area (TPSA) is 38.8 Å². The zero-order chi connectivity index (χ0) is 15.3. The van der Waals surface area contributed by atoms with Gasteiger partial charge in [-0.1, -0.05) is 12.1 Å². The van der Waals surface area contributed by atoms with Crippen LogP contribution in [0, 0.1) is 5.92 Å². The molecule has 1 heterocycles. The lowest BCUT2D eigenvalue weighted by molar-refractivity contribution is -0.275. The van der Waals surface area contributed by atoms with Crippen molar-refractivity contribution in [3.63, 3.8) is 0 Å². The molecule has 0 aliphatic carbocycles. The van der Waals surface area contributed by atoms with E-state index >= 15 is 0 Å². The number of piperidine rings is 1. The van der Waals surface area contributed by atoms with Crippen LogP contribution in [0.3, 0.4) is 0 Å². The summed E-state index contributed by atoms with van der Waals surface area (Å²) in [4.78, 5) is 12.4. The predicted molar refractivity (Wildman–Crippen MR) is 69.0 cm³/mol. The smallest absolute Gasteiger partial charge is 0.489 e. The zero-order valence-corrected chi connectivity index (χ0v) is 11.3. The molecule has 1 aromatic rings. The molecule has 1 atom stereocenters. The molecule has 1 aliphatic heterocycles. The van der Waals surface area contributed by atoms with Crippen LogP contribution < -0.4 is 9.47 Å². The maximum Gasteiger partial charge on any atom is 0.573 e. The van der Waals surface area contributed by atoms with Gasteiger partial charge >= 0.3 is 6.36 Å². The van der Waals surface area contributed by atoms with E-state index in [0.29, 0.717) is 13.1 Å². The number of hydrogen-bond donors (Lipinski definition) is 0. The first kappa shape index (κ1) is 15.5. The molecule has 0 radical (unpaired) electrons. The summed E-state index contributed by atoms with van der Waals surface area (Å²) < 4.78 is 46.2. The summed E-state index contributed by atoms with van der Waals surface area (Å²) in [6.07, 6.45) is -2.22. The third kappa shape index (κ3) is 4.84. The summed E-state index contributed by atoms with van der Waals surface area (Å²) in [5.41, 5.74) is 0.